The van der Waals surface area contributed by atoms with Gasteiger partial charge in [0.05, 0.1) is 12.2 Å². The van der Waals surface area contributed by atoms with Crippen LogP contribution in [0.1, 0.15) is 16.3 Å². The lowest BCUT2D eigenvalue weighted by Crippen LogP contribution is -2.16. The zero-order chi connectivity index (χ0) is 12.4. The Morgan fingerprint density at radius 1 is 1.47 bits per heavy atom. The Labute approximate surface area is 104 Å². The first kappa shape index (κ1) is 11.9. The van der Waals surface area contributed by atoms with Crippen LogP contribution in [0.2, 0.25) is 0 Å². The number of nitrogens with one attached hydrogen (secondary N) is 1. The molecule has 0 fully saturated rings. The van der Waals surface area contributed by atoms with Gasteiger partial charge >= 0.3 is 4.87 Å². The summed E-state index contributed by atoms with van der Waals surface area (Å²) in [5, 5.41) is 3.06. The van der Waals surface area contributed by atoms with Crippen molar-refractivity contribution in [2.45, 2.75) is 20.4 Å². The standard InChI is InChI=1S/C12H15N3OS/c1-8-9(2)17-12(16)15(8)7-11-6-10(13-3)4-5-14-11/h4-6H,7H2,1-3H3,(H,13,14). The van der Waals surface area contributed by atoms with Crippen LogP contribution < -0.4 is 10.2 Å². The molecule has 2 aromatic heterocycles. The van der Waals surface area contributed by atoms with Crippen molar-refractivity contribution in [1.82, 2.24) is 9.55 Å². The Morgan fingerprint density at radius 3 is 2.82 bits per heavy atom. The highest BCUT2D eigenvalue weighted by atomic mass is 32.1. The number of hydrogen-bond acceptors (Lipinski definition) is 4. The number of pyridine rings is 1. The summed E-state index contributed by atoms with van der Waals surface area (Å²) in [6.45, 7) is 4.47. The lowest BCUT2D eigenvalue weighted by Gasteiger charge is -2.06. The third-order valence-electron chi connectivity index (χ3n) is 2.80. The van der Waals surface area contributed by atoms with Gasteiger partial charge in [0.25, 0.3) is 0 Å². The average molecular weight is 249 g/mol. The van der Waals surface area contributed by atoms with Gasteiger partial charge in [0.1, 0.15) is 0 Å². The van der Waals surface area contributed by atoms with Crippen LogP contribution >= 0.6 is 11.3 Å². The first-order chi connectivity index (χ1) is 8.11. The number of aryl methyl sites for hydroxylation is 1. The molecule has 1 N–H and O–H groups in total. The SMILES string of the molecule is CNc1ccnc(Cn2c(C)c(C)sc2=O)c1. The maximum atomic E-state index is 11.8. The molecule has 90 valence electrons. The number of rotatable bonds is 3. The predicted octanol–water partition coefficient (Wildman–Crippen LogP) is 2.01. The topological polar surface area (TPSA) is 46.9 Å². The molecular weight excluding hydrogens is 234 g/mol. The molecule has 2 aromatic rings. The molecule has 0 aliphatic heterocycles. The first-order valence-corrected chi connectivity index (χ1v) is 6.23. The minimum atomic E-state index is 0.0802. The predicted molar refractivity (Wildman–Crippen MR) is 70.9 cm³/mol. The highest BCUT2D eigenvalue weighted by molar-refractivity contribution is 7.09. The first-order valence-electron chi connectivity index (χ1n) is 5.41. The Balaban J connectivity index is 2.34. The summed E-state index contributed by atoms with van der Waals surface area (Å²) in [5.74, 6) is 0. The maximum absolute atomic E-state index is 11.8. The third kappa shape index (κ3) is 2.39. The third-order valence-corrected chi connectivity index (χ3v) is 3.80. The van der Waals surface area contributed by atoms with Crippen molar-refractivity contribution in [3.8, 4) is 0 Å². The largest absolute Gasteiger partial charge is 0.388 e. The van der Waals surface area contributed by atoms with E-state index in [-0.39, 0.29) is 4.87 Å². The number of aromatic nitrogens is 2. The fraction of sp³-hybridized carbons (Fsp3) is 0.333. The summed E-state index contributed by atoms with van der Waals surface area (Å²) in [5.41, 5.74) is 2.92. The Morgan fingerprint density at radius 2 is 2.24 bits per heavy atom. The van der Waals surface area contributed by atoms with Gasteiger partial charge in [-0.3, -0.25) is 14.3 Å². The Kier molecular flexibility index (Phi) is 3.28. The summed E-state index contributed by atoms with van der Waals surface area (Å²) in [6, 6.07) is 3.86. The molecule has 0 saturated carbocycles. The van der Waals surface area contributed by atoms with Gasteiger partial charge in [-0.15, -0.1) is 0 Å². The highest BCUT2D eigenvalue weighted by Gasteiger charge is 2.08. The number of thiazole rings is 1. The quantitative estimate of drug-likeness (QED) is 0.905. The van der Waals surface area contributed by atoms with E-state index >= 15 is 0 Å². The Hall–Kier alpha value is -1.62. The zero-order valence-corrected chi connectivity index (χ0v) is 11.0. The van der Waals surface area contributed by atoms with Crippen LogP contribution in [0.4, 0.5) is 5.69 Å². The van der Waals surface area contributed by atoms with Crippen LogP contribution in [-0.2, 0) is 6.54 Å². The van der Waals surface area contributed by atoms with E-state index in [1.807, 2.05) is 33.0 Å². The molecule has 5 heteroatoms. The van der Waals surface area contributed by atoms with E-state index in [1.165, 1.54) is 11.3 Å². The van der Waals surface area contributed by atoms with Gasteiger partial charge in [0.15, 0.2) is 0 Å². The van der Waals surface area contributed by atoms with Crippen LogP contribution in [0.5, 0.6) is 0 Å². The molecule has 0 aliphatic carbocycles. The van der Waals surface area contributed by atoms with Gasteiger partial charge in [-0.2, -0.15) is 0 Å². The highest BCUT2D eigenvalue weighted by Crippen LogP contribution is 2.12. The second-order valence-electron chi connectivity index (χ2n) is 3.88. The summed E-state index contributed by atoms with van der Waals surface area (Å²) >= 11 is 1.29. The van der Waals surface area contributed by atoms with Gasteiger partial charge in [-0.25, -0.2) is 0 Å². The van der Waals surface area contributed by atoms with Gasteiger partial charge in [-0.1, -0.05) is 11.3 Å². The van der Waals surface area contributed by atoms with Crippen molar-refractivity contribution >= 4 is 17.0 Å². The van der Waals surface area contributed by atoms with Crippen LogP contribution in [-0.4, -0.2) is 16.6 Å². The van der Waals surface area contributed by atoms with Crippen molar-refractivity contribution in [2.24, 2.45) is 0 Å². The molecule has 0 aliphatic rings. The van der Waals surface area contributed by atoms with E-state index in [2.05, 4.69) is 10.3 Å². The zero-order valence-electron chi connectivity index (χ0n) is 10.2. The second kappa shape index (κ2) is 4.71. The molecule has 0 saturated heterocycles. The second-order valence-corrected chi connectivity index (χ2v) is 5.05. The summed E-state index contributed by atoms with van der Waals surface area (Å²) in [7, 11) is 1.87. The van der Waals surface area contributed by atoms with E-state index in [0.29, 0.717) is 6.54 Å². The smallest absolute Gasteiger partial charge is 0.307 e. The van der Waals surface area contributed by atoms with Crippen molar-refractivity contribution in [1.29, 1.82) is 0 Å². The van der Waals surface area contributed by atoms with Crippen LogP contribution in [0.25, 0.3) is 0 Å². The van der Waals surface area contributed by atoms with E-state index in [9.17, 15) is 4.79 Å². The van der Waals surface area contributed by atoms with Crippen molar-refractivity contribution in [3.05, 3.63) is 44.3 Å². The number of anilines is 1. The molecule has 2 heterocycles. The molecule has 0 aromatic carbocycles. The van der Waals surface area contributed by atoms with Crippen LogP contribution in [0, 0.1) is 13.8 Å². The molecule has 0 atom stereocenters. The minimum Gasteiger partial charge on any atom is -0.388 e. The lowest BCUT2D eigenvalue weighted by atomic mass is 10.3. The molecular formula is C12H15N3OS. The Bertz CT molecular complexity index is 586. The molecule has 17 heavy (non-hydrogen) atoms. The van der Waals surface area contributed by atoms with Crippen molar-refractivity contribution in [2.75, 3.05) is 12.4 Å². The maximum Gasteiger partial charge on any atom is 0.307 e. The summed E-state index contributed by atoms with van der Waals surface area (Å²) in [6.07, 6.45) is 1.75. The molecule has 0 bridgehead atoms. The van der Waals surface area contributed by atoms with Gasteiger partial charge in [0.2, 0.25) is 0 Å². The average Bonchev–Trinajstić information content (AvgIpc) is 2.56. The summed E-state index contributed by atoms with van der Waals surface area (Å²) in [4.78, 5) is 17.2. The van der Waals surface area contributed by atoms with E-state index in [0.717, 1.165) is 22.0 Å². The number of nitrogens with zero attached hydrogens (tertiary/aromatic N) is 2. The molecule has 0 spiro atoms. The van der Waals surface area contributed by atoms with Gasteiger partial charge in [-0.05, 0) is 26.0 Å². The van der Waals surface area contributed by atoms with Crippen LogP contribution in [0.15, 0.2) is 23.1 Å². The minimum absolute atomic E-state index is 0.0802. The van der Waals surface area contributed by atoms with E-state index < -0.39 is 0 Å². The fourth-order valence-corrected chi connectivity index (χ4v) is 2.48. The number of hydrogen-bond donors (Lipinski definition) is 1. The van der Waals surface area contributed by atoms with E-state index in [4.69, 9.17) is 0 Å². The molecule has 0 radical (unpaired) electrons. The fourth-order valence-electron chi connectivity index (χ4n) is 1.65. The van der Waals surface area contributed by atoms with Gasteiger partial charge < -0.3 is 5.32 Å². The molecule has 4 nitrogen and oxygen atoms in total. The van der Waals surface area contributed by atoms with Crippen LogP contribution in [0.3, 0.4) is 0 Å². The van der Waals surface area contributed by atoms with Crippen molar-refractivity contribution < 1.29 is 0 Å². The summed E-state index contributed by atoms with van der Waals surface area (Å²) < 4.78 is 1.77. The molecule has 0 amide bonds. The monoisotopic (exact) mass is 249 g/mol. The molecule has 0 unspecified atom stereocenters. The van der Waals surface area contributed by atoms with Gasteiger partial charge in [0, 0.05) is 29.5 Å². The van der Waals surface area contributed by atoms with E-state index in [1.54, 1.807) is 10.8 Å². The normalized spacial score (nSPS) is 10.5. The lowest BCUT2D eigenvalue weighted by molar-refractivity contribution is 0.733. The molecule has 2 rings (SSSR count). The van der Waals surface area contributed by atoms with Crippen molar-refractivity contribution in [3.63, 3.8) is 0 Å².